The lowest BCUT2D eigenvalue weighted by Crippen LogP contribution is -2.24. The molecule has 0 bridgehead atoms. The van der Waals surface area contributed by atoms with Gasteiger partial charge in [0.05, 0.1) is 0 Å². The number of carbonyl (C=O) groups is 1. The molecule has 1 unspecified atom stereocenters. The van der Waals surface area contributed by atoms with Gasteiger partial charge in [-0.1, -0.05) is 0 Å². The molecule has 1 fully saturated rings. The van der Waals surface area contributed by atoms with Gasteiger partial charge in [0.1, 0.15) is 0 Å². The maximum atomic E-state index is 9.88. The van der Waals surface area contributed by atoms with Crippen LogP contribution in [0, 0.1) is 0 Å². The van der Waals surface area contributed by atoms with E-state index in [9.17, 15) is 4.79 Å². The number of ether oxygens (including phenoxy) is 1. The van der Waals surface area contributed by atoms with Crippen LogP contribution in [0.1, 0.15) is 0 Å². The molecule has 0 aliphatic carbocycles. The molecular formula is C4H7NO3S. The minimum atomic E-state index is -1.22. The molecular weight excluding hydrogens is 142 g/mol. The normalized spacial score (nSPS) is 26.0. The van der Waals surface area contributed by atoms with Gasteiger partial charge in [0.15, 0.2) is 0 Å². The third kappa shape index (κ3) is 2.11. The second-order valence-corrected chi connectivity index (χ2v) is 2.71. The summed E-state index contributed by atoms with van der Waals surface area (Å²) in [6, 6.07) is 0. The van der Waals surface area contributed by atoms with Crippen molar-refractivity contribution in [3.05, 3.63) is 0 Å². The third-order valence-electron chi connectivity index (χ3n) is 0.890. The highest BCUT2D eigenvalue weighted by Crippen LogP contribution is 2.14. The summed E-state index contributed by atoms with van der Waals surface area (Å²) >= 11 is 1.46. The van der Waals surface area contributed by atoms with E-state index in [0.29, 0.717) is 0 Å². The van der Waals surface area contributed by atoms with Crippen molar-refractivity contribution in [3.8, 4) is 0 Å². The summed E-state index contributed by atoms with van der Waals surface area (Å²) in [5, 5.41) is 10.9. The molecule has 2 N–H and O–H groups in total. The molecule has 1 atom stereocenters. The smallest absolute Gasteiger partial charge is 0.450 e. The molecule has 0 amide bonds. The van der Waals surface area contributed by atoms with Gasteiger partial charge in [-0.25, -0.2) is 4.79 Å². The maximum Gasteiger partial charge on any atom is 0.507 e. The number of nitrogens with one attached hydrogen (secondary N) is 1. The monoisotopic (exact) mass is 149 g/mol. The first kappa shape index (κ1) is 6.70. The van der Waals surface area contributed by atoms with Gasteiger partial charge in [0.2, 0.25) is 5.56 Å². The molecule has 0 saturated carbocycles. The van der Waals surface area contributed by atoms with Crippen LogP contribution in [0.5, 0.6) is 0 Å². The van der Waals surface area contributed by atoms with Crippen molar-refractivity contribution in [3.63, 3.8) is 0 Å². The molecule has 52 valence electrons. The van der Waals surface area contributed by atoms with Gasteiger partial charge < -0.3 is 9.84 Å². The van der Waals surface area contributed by atoms with Crippen LogP contribution in [-0.4, -0.2) is 29.1 Å². The molecule has 0 aromatic rings. The molecule has 9 heavy (non-hydrogen) atoms. The predicted octanol–water partition coefficient (Wildman–Crippen LogP) is 0.301. The number of hydrogen-bond donors (Lipinski definition) is 2. The zero-order valence-electron chi connectivity index (χ0n) is 4.66. The van der Waals surface area contributed by atoms with E-state index in [-0.39, 0.29) is 5.56 Å². The molecule has 0 radical (unpaired) electrons. The van der Waals surface area contributed by atoms with Crippen LogP contribution in [0.25, 0.3) is 0 Å². The lowest BCUT2D eigenvalue weighted by atomic mass is 10.8. The van der Waals surface area contributed by atoms with Gasteiger partial charge in [-0.15, -0.1) is 11.8 Å². The first-order valence-corrected chi connectivity index (χ1v) is 3.58. The second-order valence-electron chi connectivity index (χ2n) is 1.54. The fraction of sp³-hybridized carbons (Fsp3) is 0.750. The molecule has 0 aromatic carbocycles. The largest absolute Gasteiger partial charge is 0.507 e. The summed E-state index contributed by atoms with van der Waals surface area (Å²) < 4.78 is 4.38. The van der Waals surface area contributed by atoms with Gasteiger partial charge >= 0.3 is 6.16 Å². The van der Waals surface area contributed by atoms with E-state index < -0.39 is 6.16 Å². The molecule has 1 rings (SSSR count). The quantitative estimate of drug-likeness (QED) is 0.525. The summed E-state index contributed by atoms with van der Waals surface area (Å²) in [5.74, 6) is 0.915. The van der Waals surface area contributed by atoms with Gasteiger partial charge in [-0.3, -0.25) is 5.32 Å². The van der Waals surface area contributed by atoms with E-state index in [4.69, 9.17) is 5.11 Å². The van der Waals surface area contributed by atoms with E-state index in [2.05, 4.69) is 10.1 Å². The average Bonchev–Trinajstić information content (AvgIpc) is 2.15. The Balaban J connectivity index is 2.19. The van der Waals surface area contributed by atoms with Crippen molar-refractivity contribution in [1.29, 1.82) is 0 Å². The Kier molecular flexibility index (Phi) is 2.18. The van der Waals surface area contributed by atoms with Crippen molar-refractivity contribution in [1.82, 2.24) is 5.32 Å². The van der Waals surface area contributed by atoms with E-state index in [1.807, 2.05) is 0 Å². The van der Waals surface area contributed by atoms with Crippen LogP contribution in [-0.2, 0) is 4.74 Å². The summed E-state index contributed by atoms with van der Waals surface area (Å²) in [4.78, 5) is 9.88. The highest BCUT2D eigenvalue weighted by Gasteiger charge is 2.17. The highest BCUT2D eigenvalue weighted by molar-refractivity contribution is 8.00. The second kappa shape index (κ2) is 2.93. The van der Waals surface area contributed by atoms with Crippen molar-refractivity contribution < 1.29 is 14.6 Å². The van der Waals surface area contributed by atoms with Crippen LogP contribution in [0.4, 0.5) is 4.79 Å². The number of hydrogen-bond acceptors (Lipinski definition) is 4. The summed E-state index contributed by atoms with van der Waals surface area (Å²) in [6.45, 7) is 0.822. The first-order valence-electron chi connectivity index (χ1n) is 2.53. The Bertz CT molecular complexity index is 112. The average molecular weight is 149 g/mol. The summed E-state index contributed by atoms with van der Waals surface area (Å²) in [5.41, 5.74) is -0.345. The Labute approximate surface area is 56.6 Å². The Morgan fingerprint density at radius 1 is 1.89 bits per heavy atom. The topological polar surface area (TPSA) is 58.6 Å². The number of carboxylic acid groups (broad SMARTS) is 1. The summed E-state index contributed by atoms with van der Waals surface area (Å²) in [6.07, 6.45) is -1.22. The van der Waals surface area contributed by atoms with Gasteiger partial charge in [-0.2, -0.15) is 0 Å². The zero-order chi connectivity index (χ0) is 6.69. The molecule has 4 nitrogen and oxygen atoms in total. The Morgan fingerprint density at radius 3 is 3.11 bits per heavy atom. The van der Waals surface area contributed by atoms with Gasteiger partial charge in [0, 0.05) is 12.3 Å². The number of rotatable bonds is 1. The lowest BCUT2D eigenvalue weighted by Gasteiger charge is -2.05. The minimum absolute atomic E-state index is 0.345. The molecule has 1 saturated heterocycles. The highest BCUT2D eigenvalue weighted by atomic mass is 32.2. The van der Waals surface area contributed by atoms with Crippen molar-refractivity contribution >= 4 is 17.9 Å². The minimum Gasteiger partial charge on any atom is -0.450 e. The number of thioether (sulfide) groups is 1. The van der Waals surface area contributed by atoms with Gasteiger partial charge in [-0.05, 0) is 0 Å². The van der Waals surface area contributed by atoms with E-state index in [0.717, 1.165) is 12.3 Å². The van der Waals surface area contributed by atoms with Crippen molar-refractivity contribution in [2.75, 3.05) is 12.3 Å². The van der Waals surface area contributed by atoms with Crippen LogP contribution >= 0.6 is 11.8 Å². The van der Waals surface area contributed by atoms with Crippen molar-refractivity contribution in [2.45, 2.75) is 5.56 Å². The zero-order valence-corrected chi connectivity index (χ0v) is 5.48. The molecule has 5 heteroatoms. The van der Waals surface area contributed by atoms with Crippen LogP contribution < -0.4 is 5.32 Å². The third-order valence-corrected chi connectivity index (χ3v) is 1.90. The molecule has 1 heterocycles. The first-order chi connectivity index (χ1) is 4.29. The predicted molar refractivity (Wildman–Crippen MR) is 33.4 cm³/mol. The summed E-state index contributed by atoms with van der Waals surface area (Å²) in [7, 11) is 0. The molecule has 1 aliphatic heterocycles. The van der Waals surface area contributed by atoms with Gasteiger partial charge in [0.25, 0.3) is 0 Å². The standard InChI is InChI=1S/C4H7NO3S/c6-4(7)8-3-5-1-2-9-3/h3,5H,1-2H2,(H,6,7). The van der Waals surface area contributed by atoms with Crippen LogP contribution in [0.15, 0.2) is 0 Å². The molecule has 1 aliphatic rings. The van der Waals surface area contributed by atoms with E-state index in [1.165, 1.54) is 11.8 Å². The van der Waals surface area contributed by atoms with Crippen LogP contribution in [0.3, 0.4) is 0 Å². The molecule has 0 spiro atoms. The fourth-order valence-electron chi connectivity index (χ4n) is 0.569. The molecule has 0 aromatic heterocycles. The Hall–Kier alpha value is -0.420. The van der Waals surface area contributed by atoms with E-state index >= 15 is 0 Å². The van der Waals surface area contributed by atoms with Crippen LogP contribution in [0.2, 0.25) is 0 Å². The SMILES string of the molecule is O=C(O)OC1NCCS1. The van der Waals surface area contributed by atoms with Crippen molar-refractivity contribution in [2.24, 2.45) is 0 Å². The maximum absolute atomic E-state index is 9.88. The lowest BCUT2D eigenvalue weighted by molar-refractivity contribution is 0.0752. The van der Waals surface area contributed by atoms with E-state index in [1.54, 1.807) is 0 Å². The fourth-order valence-corrected chi connectivity index (χ4v) is 1.40. The Morgan fingerprint density at radius 2 is 2.67 bits per heavy atom.